The monoisotopic (exact) mass is 292 g/mol. The number of morpholine rings is 1. The van der Waals surface area contributed by atoms with E-state index in [0.29, 0.717) is 12.4 Å². The van der Waals surface area contributed by atoms with Crippen LogP contribution >= 0.6 is 0 Å². The molecule has 0 aromatic carbocycles. The highest BCUT2D eigenvalue weighted by Gasteiger charge is 2.43. The van der Waals surface area contributed by atoms with E-state index in [0.717, 1.165) is 31.9 Å². The van der Waals surface area contributed by atoms with Crippen LogP contribution in [0.3, 0.4) is 0 Å². The van der Waals surface area contributed by atoms with Crippen LogP contribution in [0.15, 0.2) is 18.3 Å². The Morgan fingerprint density at radius 3 is 2.71 bits per heavy atom. The lowest BCUT2D eigenvalue weighted by atomic mass is 9.89. The van der Waals surface area contributed by atoms with Crippen LogP contribution in [0.25, 0.3) is 0 Å². The highest BCUT2D eigenvalue weighted by molar-refractivity contribution is 5.48. The molecule has 3 heterocycles. The molecule has 1 aromatic rings. The molecule has 1 atom stereocenters. The Bertz CT molecular complexity index is 485. The van der Waals surface area contributed by atoms with Crippen molar-refractivity contribution in [1.29, 1.82) is 0 Å². The van der Waals surface area contributed by atoms with Crippen LogP contribution in [-0.4, -0.2) is 65.5 Å². The summed E-state index contributed by atoms with van der Waals surface area (Å²) in [5.74, 6) is 0.540. The van der Waals surface area contributed by atoms with Gasteiger partial charge in [-0.3, -0.25) is 4.90 Å². The normalized spacial score (nSPS) is 24.9. The van der Waals surface area contributed by atoms with Crippen molar-refractivity contribution < 1.29 is 9.84 Å². The highest BCUT2D eigenvalue weighted by atomic mass is 16.5. The SMILES string of the molecule is CC(C)(C1CN(c2ccc(N)nc2)CCO1)N1CC(O)C1. The fourth-order valence-electron chi connectivity index (χ4n) is 3.03. The third kappa shape index (κ3) is 2.84. The van der Waals surface area contributed by atoms with Gasteiger partial charge < -0.3 is 20.5 Å². The summed E-state index contributed by atoms with van der Waals surface area (Å²) in [6, 6.07) is 3.84. The minimum atomic E-state index is -0.190. The number of nitrogens with two attached hydrogens (primary N) is 1. The molecule has 0 bridgehead atoms. The largest absolute Gasteiger partial charge is 0.390 e. The van der Waals surface area contributed by atoms with Crippen molar-refractivity contribution in [2.45, 2.75) is 31.6 Å². The Balaban J connectivity index is 1.69. The first kappa shape index (κ1) is 14.6. The number of ether oxygens (including phenoxy) is 1. The Kier molecular flexibility index (Phi) is 3.77. The topological polar surface area (TPSA) is 74.8 Å². The van der Waals surface area contributed by atoms with E-state index in [9.17, 15) is 5.11 Å². The van der Waals surface area contributed by atoms with Crippen molar-refractivity contribution in [3.63, 3.8) is 0 Å². The van der Waals surface area contributed by atoms with Crippen LogP contribution in [0.5, 0.6) is 0 Å². The predicted molar refractivity (Wildman–Crippen MR) is 82.3 cm³/mol. The average molecular weight is 292 g/mol. The summed E-state index contributed by atoms with van der Waals surface area (Å²) in [5.41, 5.74) is 6.64. The van der Waals surface area contributed by atoms with Gasteiger partial charge in [0.2, 0.25) is 0 Å². The van der Waals surface area contributed by atoms with Gasteiger partial charge in [-0.2, -0.15) is 0 Å². The Labute approximate surface area is 125 Å². The van der Waals surface area contributed by atoms with E-state index in [1.807, 2.05) is 18.3 Å². The summed E-state index contributed by atoms with van der Waals surface area (Å²) in [6.07, 6.45) is 1.74. The first-order valence-corrected chi connectivity index (χ1v) is 7.48. The summed E-state index contributed by atoms with van der Waals surface area (Å²) in [5, 5.41) is 9.52. The zero-order chi connectivity index (χ0) is 15.0. The van der Waals surface area contributed by atoms with Gasteiger partial charge in [-0.25, -0.2) is 4.98 Å². The van der Waals surface area contributed by atoms with Crippen molar-refractivity contribution in [3.8, 4) is 0 Å². The molecule has 2 fully saturated rings. The third-order valence-corrected chi connectivity index (χ3v) is 4.67. The maximum absolute atomic E-state index is 9.52. The van der Waals surface area contributed by atoms with E-state index in [4.69, 9.17) is 10.5 Å². The van der Waals surface area contributed by atoms with E-state index < -0.39 is 0 Å². The number of β-amino-alcohol motifs (C(OH)–C–C–N with tert-alkyl or cyclic N) is 1. The maximum atomic E-state index is 9.52. The van der Waals surface area contributed by atoms with Crippen LogP contribution in [-0.2, 0) is 4.74 Å². The van der Waals surface area contributed by atoms with Crippen molar-refractivity contribution in [2.75, 3.05) is 43.4 Å². The number of anilines is 2. The number of rotatable bonds is 3. The summed E-state index contributed by atoms with van der Waals surface area (Å²) >= 11 is 0. The lowest BCUT2D eigenvalue weighted by Crippen LogP contribution is -2.67. The number of aliphatic hydroxyl groups is 1. The van der Waals surface area contributed by atoms with Crippen LogP contribution in [0, 0.1) is 0 Å². The van der Waals surface area contributed by atoms with E-state index in [1.54, 1.807) is 0 Å². The summed E-state index contributed by atoms with van der Waals surface area (Å²) in [4.78, 5) is 8.74. The number of hydrogen-bond acceptors (Lipinski definition) is 6. The molecular formula is C15H24N4O2. The van der Waals surface area contributed by atoms with Crippen molar-refractivity contribution in [1.82, 2.24) is 9.88 Å². The van der Waals surface area contributed by atoms with E-state index in [1.165, 1.54) is 0 Å². The molecule has 1 aromatic heterocycles. The van der Waals surface area contributed by atoms with E-state index >= 15 is 0 Å². The van der Waals surface area contributed by atoms with Crippen LogP contribution in [0.1, 0.15) is 13.8 Å². The number of aromatic nitrogens is 1. The second-order valence-corrected chi connectivity index (χ2v) is 6.46. The molecule has 0 spiro atoms. The molecule has 0 radical (unpaired) electrons. The molecule has 0 saturated carbocycles. The van der Waals surface area contributed by atoms with Gasteiger partial charge in [0, 0.05) is 31.7 Å². The minimum absolute atomic E-state index is 0.0842. The first-order chi connectivity index (χ1) is 9.96. The molecule has 3 rings (SSSR count). The van der Waals surface area contributed by atoms with Crippen LogP contribution < -0.4 is 10.6 Å². The molecule has 2 saturated heterocycles. The van der Waals surface area contributed by atoms with Crippen LogP contribution in [0.4, 0.5) is 11.5 Å². The minimum Gasteiger partial charge on any atom is -0.390 e. The lowest BCUT2D eigenvalue weighted by Gasteiger charge is -2.52. The maximum Gasteiger partial charge on any atom is 0.123 e. The fraction of sp³-hybridized carbons (Fsp3) is 0.667. The van der Waals surface area contributed by atoms with Gasteiger partial charge in [0.1, 0.15) is 5.82 Å². The van der Waals surface area contributed by atoms with Gasteiger partial charge in [-0.15, -0.1) is 0 Å². The van der Waals surface area contributed by atoms with Gasteiger partial charge in [0.05, 0.1) is 30.7 Å². The van der Waals surface area contributed by atoms with Crippen molar-refractivity contribution in [2.24, 2.45) is 0 Å². The number of hydrogen-bond donors (Lipinski definition) is 2. The summed E-state index contributed by atoms with van der Waals surface area (Å²) in [7, 11) is 0. The quantitative estimate of drug-likeness (QED) is 0.836. The number of nitrogen functional groups attached to an aromatic ring is 1. The van der Waals surface area contributed by atoms with Gasteiger partial charge in [0.15, 0.2) is 0 Å². The molecule has 21 heavy (non-hydrogen) atoms. The summed E-state index contributed by atoms with van der Waals surface area (Å²) in [6.45, 7) is 8.23. The Hall–Kier alpha value is -1.37. The Morgan fingerprint density at radius 1 is 1.33 bits per heavy atom. The van der Waals surface area contributed by atoms with Crippen LogP contribution in [0.2, 0.25) is 0 Å². The van der Waals surface area contributed by atoms with Gasteiger partial charge in [-0.1, -0.05) is 0 Å². The number of aliphatic hydroxyl groups excluding tert-OH is 1. The van der Waals surface area contributed by atoms with Gasteiger partial charge in [-0.05, 0) is 26.0 Å². The third-order valence-electron chi connectivity index (χ3n) is 4.67. The molecular weight excluding hydrogens is 268 g/mol. The average Bonchev–Trinajstić information content (AvgIpc) is 2.45. The molecule has 6 heteroatoms. The zero-order valence-electron chi connectivity index (χ0n) is 12.7. The van der Waals surface area contributed by atoms with Gasteiger partial charge >= 0.3 is 0 Å². The number of nitrogens with zero attached hydrogens (tertiary/aromatic N) is 3. The summed E-state index contributed by atoms with van der Waals surface area (Å²) < 4.78 is 6.00. The van der Waals surface area contributed by atoms with Crippen molar-refractivity contribution in [3.05, 3.63) is 18.3 Å². The smallest absolute Gasteiger partial charge is 0.123 e. The molecule has 116 valence electrons. The molecule has 3 N–H and O–H groups in total. The molecule has 2 aliphatic heterocycles. The molecule has 6 nitrogen and oxygen atoms in total. The Morgan fingerprint density at radius 2 is 2.10 bits per heavy atom. The second-order valence-electron chi connectivity index (χ2n) is 6.46. The second kappa shape index (κ2) is 5.44. The lowest BCUT2D eigenvalue weighted by molar-refractivity contribution is -0.121. The van der Waals surface area contributed by atoms with E-state index in [-0.39, 0.29) is 17.7 Å². The standard InChI is InChI=1S/C15H24N4O2/c1-15(2,19-8-12(20)9-19)13-10-18(5-6-21-13)11-3-4-14(16)17-7-11/h3-4,7,12-13,20H,5-6,8-10H2,1-2H3,(H2,16,17). The first-order valence-electron chi connectivity index (χ1n) is 7.48. The van der Waals surface area contributed by atoms with E-state index in [2.05, 4.69) is 28.6 Å². The van der Waals surface area contributed by atoms with Crippen molar-refractivity contribution >= 4 is 11.5 Å². The van der Waals surface area contributed by atoms with Gasteiger partial charge in [0.25, 0.3) is 0 Å². The number of pyridine rings is 1. The molecule has 0 amide bonds. The predicted octanol–water partition coefficient (Wildman–Crippen LogP) is 0.324. The highest BCUT2D eigenvalue weighted by Crippen LogP contribution is 2.30. The molecule has 2 aliphatic rings. The number of likely N-dealkylation sites (tertiary alicyclic amines) is 1. The molecule has 1 unspecified atom stereocenters. The fourth-order valence-corrected chi connectivity index (χ4v) is 3.03. The molecule has 0 aliphatic carbocycles. The zero-order valence-corrected chi connectivity index (χ0v) is 12.7.